The van der Waals surface area contributed by atoms with Crippen molar-refractivity contribution in [3.05, 3.63) is 60.0 Å². The fraction of sp³-hybridized carbons (Fsp3) is 0.0588. The van der Waals surface area contributed by atoms with Crippen LogP contribution in [-0.4, -0.2) is 11.6 Å². The number of hydrogen-bond donors (Lipinski definition) is 0. The second-order valence-corrected chi connectivity index (χ2v) is 4.69. The molecule has 0 aliphatic heterocycles. The molecule has 0 amide bonds. The molecule has 0 saturated carbocycles. The number of hydrogen-bond acceptors (Lipinski definition) is 3. The molecule has 0 spiro atoms. The number of nitrogens with zero attached hydrogens (tertiary/aromatic N) is 2. The van der Waals surface area contributed by atoms with Crippen LogP contribution >= 0.6 is 0 Å². The number of nitriles is 1. The second-order valence-electron chi connectivity index (χ2n) is 4.69. The lowest BCUT2D eigenvalue weighted by Crippen LogP contribution is -2.06. The zero-order valence-corrected chi connectivity index (χ0v) is 11.6. The lowest BCUT2D eigenvalue weighted by Gasteiger charge is -2.13. The largest absolute Gasteiger partial charge is 0.416 e. The summed E-state index contributed by atoms with van der Waals surface area (Å²) in [5, 5.41) is 10.1. The topological polar surface area (TPSA) is 45.9 Å². The number of fused-ring (bicyclic) bond motifs is 1. The SMILES string of the molecule is N#Cc1nc(OC(F)F)c2ccccc2c1-c1cccc(F)c1. The van der Waals surface area contributed by atoms with Crippen LogP contribution in [0.1, 0.15) is 5.69 Å². The van der Waals surface area contributed by atoms with Gasteiger partial charge in [0.15, 0.2) is 5.69 Å². The zero-order chi connectivity index (χ0) is 16.4. The molecule has 1 heterocycles. The summed E-state index contributed by atoms with van der Waals surface area (Å²) in [7, 11) is 0. The number of benzene rings is 2. The number of halogens is 3. The van der Waals surface area contributed by atoms with E-state index in [1.807, 2.05) is 6.07 Å². The van der Waals surface area contributed by atoms with Crippen LogP contribution in [-0.2, 0) is 0 Å². The summed E-state index contributed by atoms with van der Waals surface area (Å²) >= 11 is 0. The van der Waals surface area contributed by atoms with E-state index >= 15 is 0 Å². The molecule has 0 bridgehead atoms. The molecule has 114 valence electrons. The number of ether oxygens (including phenoxy) is 1. The Morgan fingerprint density at radius 2 is 1.78 bits per heavy atom. The Morgan fingerprint density at radius 3 is 2.43 bits per heavy atom. The summed E-state index contributed by atoms with van der Waals surface area (Å²) < 4.78 is 43.1. The highest BCUT2D eigenvalue weighted by atomic mass is 19.3. The van der Waals surface area contributed by atoms with E-state index in [0.29, 0.717) is 21.9 Å². The predicted molar refractivity (Wildman–Crippen MR) is 78.5 cm³/mol. The molecule has 0 unspecified atom stereocenters. The minimum Gasteiger partial charge on any atom is -0.416 e. The van der Waals surface area contributed by atoms with Crippen LogP contribution in [0.3, 0.4) is 0 Å². The number of aromatic nitrogens is 1. The molecule has 0 radical (unpaired) electrons. The van der Waals surface area contributed by atoms with Gasteiger partial charge in [-0.25, -0.2) is 9.37 Å². The minimum absolute atomic E-state index is 0.107. The first-order valence-electron chi connectivity index (χ1n) is 6.63. The number of pyridine rings is 1. The van der Waals surface area contributed by atoms with Gasteiger partial charge in [-0.05, 0) is 29.1 Å². The van der Waals surface area contributed by atoms with Gasteiger partial charge in [0, 0.05) is 10.9 Å². The maximum atomic E-state index is 13.5. The Kier molecular flexibility index (Phi) is 3.85. The quantitative estimate of drug-likeness (QED) is 0.714. The molecule has 6 heteroatoms. The molecule has 1 aromatic heterocycles. The molecule has 0 atom stereocenters. The lowest BCUT2D eigenvalue weighted by atomic mass is 9.97. The third-order valence-electron chi connectivity index (χ3n) is 3.30. The maximum Gasteiger partial charge on any atom is 0.388 e. The van der Waals surface area contributed by atoms with Crippen molar-refractivity contribution in [1.29, 1.82) is 5.26 Å². The van der Waals surface area contributed by atoms with E-state index < -0.39 is 12.4 Å². The van der Waals surface area contributed by atoms with Crippen LogP contribution in [0, 0.1) is 17.1 Å². The van der Waals surface area contributed by atoms with Crippen molar-refractivity contribution >= 4 is 10.8 Å². The van der Waals surface area contributed by atoms with Gasteiger partial charge in [0.2, 0.25) is 5.88 Å². The molecule has 0 N–H and O–H groups in total. The Hall–Kier alpha value is -3.07. The van der Waals surface area contributed by atoms with Gasteiger partial charge in [-0.1, -0.05) is 30.3 Å². The van der Waals surface area contributed by atoms with Crippen molar-refractivity contribution < 1.29 is 17.9 Å². The Bertz CT molecular complexity index is 919. The van der Waals surface area contributed by atoms with Gasteiger partial charge < -0.3 is 4.74 Å². The molecule has 0 fully saturated rings. The van der Waals surface area contributed by atoms with Gasteiger partial charge in [-0.3, -0.25) is 0 Å². The third-order valence-corrected chi connectivity index (χ3v) is 3.30. The highest BCUT2D eigenvalue weighted by molar-refractivity contribution is 6.01. The van der Waals surface area contributed by atoms with Crippen molar-refractivity contribution in [2.75, 3.05) is 0 Å². The molecule has 3 aromatic rings. The first-order valence-corrected chi connectivity index (χ1v) is 6.63. The Labute approximate surface area is 129 Å². The molecular weight excluding hydrogens is 305 g/mol. The van der Waals surface area contributed by atoms with Crippen LogP contribution < -0.4 is 4.74 Å². The van der Waals surface area contributed by atoms with E-state index in [-0.39, 0.29) is 11.6 Å². The van der Waals surface area contributed by atoms with E-state index in [9.17, 15) is 18.4 Å². The predicted octanol–water partition coefficient (Wildman–Crippen LogP) is 4.51. The standard InChI is InChI=1S/C17H9F3N2O/c18-11-5-3-4-10(8-11)15-12-6-1-2-7-13(12)16(23-17(19)20)22-14(15)9-21/h1-8,17H. The maximum absolute atomic E-state index is 13.5. The van der Waals surface area contributed by atoms with Gasteiger partial charge in [-0.15, -0.1) is 0 Å². The van der Waals surface area contributed by atoms with E-state index in [4.69, 9.17) is 0 Å². The summed E-state index contributed by atoms with van der Waals surface area (Å²) in [6, 6.07) is 14.1. The van der Waals surface area contributed by atoms with Crippen LogP contribution in [0.2, 0.25) is 0 Å². The van der Waals surface area contributed by atoms with Crippen molar-refractivity contribution in [2.45, 2.75) is 6.61 Å². The average Bonchev–Trinajstić information content (AvgIpc) is 2.54. The van der Waals surface area contributed by atoms with Crippen molar-refractivity contribution in [2.24, 2.45) is 0 Å². The highest BCUT2D eigenvalue weighted by Crippen LogP contribution is 2.36. The van der Waals surface area contributed by atoms with Crippen molar-refractivity contribution in [3.8, 4) is 23.1 Å². The smallest absolute Gasteiger partial charge is 0.388 e. The van der Waals surface area contributed by atoms with Gasteiger partial charge in [0.1, 0.15) is 11.9 Å². The molecule has 23 heavy (non-hydrogen) atoms. The first-order chi connectivity index (χ1) is 11.1. The monoisotopic (exact) mass is 314 g/mol. The molecular formula is C17H9F3N2O. The molecule has 0 saturated heterocycles. The fourth-order valence-electron chi connectivity index (χ4n) is 2.42. The lowest BCUT2D eigenvalue weighted by molar-refractivity contribution is -0.0517. The molecule has 3 rings (SSSR count). The van der Waals surface area contributed by atoms with E-state index in [2.05, 4.69) is 9.72 Å². The van der Waals surface area contributed by atoms with Gasteiger partial charge in [0.25, 0.3) is 0 Å². The van der Waals surface area contributed by atoms with Crippen molar-refractivity contribution in [3.63, 3.8) is 0 Å². The third kappa shape index (κ3) is 2.81. The van der Waals surface area contributed by atoms with E-state index in [1.165, 1.54) is 18.2 Å². The van der Waals surface area contributed by atoms with Gasteiger partial charge in [0.05, 0.1) is 0 Å². The number of alkyl halides is 2. The number of rotatable bonds is 3. The fourth-order valence-corrected chi connectivity index (χ4v) is 2.42. The molecule has 3 nitrogen and oxygen atoms in total. The Morgan fingerprint density at radius 1 is 1.04 bits per heavy atom. The second kappa shape index (κ2) is 5.97. The highest BCUT2D eigenvalue weighted by Gasteiger charge is 2.18. The normalized spacial score (nSPS) is 10.7. The van der Waals surface area contributed by atoms with Gasteiger partial charge in [-0.2, -0.15) is 14.0 Å². The van der Waals surface area contributed by atoms with Crippen LogP contribution in [0.25, 0.3) is 21.9 Å². The summed E-state index contributed by atoms with van der Waals surface area (Å²) in [6.07, 6.45) is 0. The molecule has 0 aliphatic rings. The van der Waals surface area contributed by atoms with Crippen LogP contribution in [0.15, 0.2) is 48.5 Å². The zero-order valence-electron chi connectivity index (χ0n) is 11.6. The summed E-state index contributed by atoms with van der Waals surface area (Å²) in [4.78, 5) is 3.88. The first kappa shape index (κ1) is 14.9. The molecule has 2 aromatic carbocycles. The van der Waals surface area contributed by atoms with Crippen molar-refractivity contribution in [1.82, 2.24) is 4.98 Å². The summed E-state index contributed by atoms with van der Waals surface area (Å²) in [6.45, 7) is -3.06. The Balaban J connectivity index is 2.36. The van der Waals surface area contributed by atoms with Crippen LogP contribution in [0.4, 0.5) is 13.2 Å². The molecule has 0 aliphatic carbocycles. The van der Waals surface area contributed by atoms with E-state index in [1.54, 1.807) is 30.3 Å². The summed E-state index contributed by atoms with van der Waals surface area (Å²) in [5.74, 6) is -0.796. The van der Waals surface area contributed by atoms with Crippen LogP contribution in [0.5, 0.6) is 5.88 Å². The van der Waals surface area contributed by atoms with E-state index in [0.717, 1.165) is 0 Å². The van der Waals surface area contributed by atoms with Gasteiger partial charge >= 0.3 is 6.61 Å². The average molecular weight is 314 g/mol. The minimum atomic E-state index is -3.06. The summed E-state index contributed by atoms with van der Waals surface area (Å²) in [5.41, 5.74) is 0.711.